The Morgan fingerprint density at radius 2 is 1.77 bits per heavy atom. The predicted molar refractivity (Wildman–Crippen MR) is 116 cm³/mol. The maximum absolute atomic E-state index is 12.5. The number of hydrogen-bond acceptors (Lipinski definition) is 6. The van der Waals surface area contributed by atoms with E-state index in [4.69, 9.17) is 14.2 Å². The summed E-state index contributed by atoms with van der Waals surface area (Å²) in [6, 6.07) is 3.43. The molecule has 1 aliphatic heterocycles. The van der Waals surface area contributed by atoms with Gasteiger partial charge in [0, 0.05) is 50.3 Å². The normalized spacial score (nSPS) is 16.6. The monoisotopic (exact) mass is 421 g/mol. The second-order valence-corrected chi connectivity index (χ2v) is 7.58. The van der Waals surface area contributed by atoms with E-state index >= 15 is 0 Å². The molecule has 0 aliphatic carbocycles. The average Bonchev–Trinajstić information content (AvgIpc) is 2.76. The number of hydrogen-bond donors (Lipinski definition) is 2. The summed E-state index contributed by atoms with van der Waals surface area (Å²) < 4.78 is 16.0. The Hall–Kier alpha value is -2.48. The van der Waals surface area contributed by atoms with Gasteiger partial charge in [-0.2, -0.15) is 0 Å². The fourth-order valence-electron chi connectivity index (χ4n) is 3.73. The molecule has 1 aliphatic rings. The molecule has 2 rings (SSSR count). The minimum absolute atomic E-state index is 0.0670. The van der Waals surface area contributed by atoms with Crippen LogP contribution < -0.4 is 24.8 Å². The summed E-state index contributed by atoms with van der Waals surface area (Å²) in [5.41, 5.74) is 0.602. The highest BCUT2D eigenvalue weighted by Gasteiger charge is 2.21. The number of carbonyl (C=O) groups is 2. The van der Waals surface area contributed by atoms with Crippen LogP contribution in [0.3, 0.4) is 0 Å². The van der Waals surface area contributed by atoms with Crippen molar-refractivity contribution < 1.29 is 23.8 Å². The van der Waals surface area contributed by atoms with Gasteiger partial charge in [0.2, 0.25) is 17.6 Å². The molecular formula is C22H35N3O5. The van der Waals surface area contributed by atoms with Crippen LogP contribution in [0.15, 0.2) is 12.1 Å². The van der Waals surface area contributed by atoms with Crippen LogP contribution in [0.4, 0.5) is 5.69 Å². The van der Waals surface area contributed by atoms with E-state index in [2.05, 4.69) is 15.5 Å². The zero-order valence-corrected chi connectivity index (χ0v) is 18.6. The molecule has 0 bridgehead atoms. The molecule has 1 aromatic carbocycles. The minimum Gasteiger partial charge on any atom is -0.493 e. The molecule has 0 radical (unpaired) electrons. The third kappa shape index (κ3) is 7.09. The molecule has 1 aromatic rings. The van der Waals surface area contributed by atoms with Crippen LogP contribution in [0.2, 0.25) is 0 Å². The topological polar surface area (TPSA) is 89.1 Å². The van der Waals surface area contributed by atoms with Gasteiger partial charge >= 0.3 is 0 Å². The maximum Gasteiger partial charge on any atom is 0.225 e. The van der Waals surface area contributed by atoms with E-state index in [0.29, 0.717) is 54.8 Å². The lowest BCUT2D eigenvalue weighted by atomic mass is 9.97. The van der Waals surface area contributed by atoms with Crippen molar-refractivity contribution >= 4 is 17.5 Å². The molecule has 8 nitrogen and oxygen atoms in total. The van der Waals surface area contributed by atoms with Crippen molar-refractivity contribution in [3.8, 4) is 17.2 Å². The van der Waals surface area contributed by atoms with E-state index in [1.54, 1.807) is 33.5 Å². The number of amides is 2. The van der Waals surface area contributed by atoms with Crippen molar-refractivity contribution in [1.82, 2.24) is 10.2 Å². The lowest BCUT2D eigenvalue weighted by molar-refractivity contribution is -0.121. The molecule has 8 heteroatoms. The first-order valence-corrected chi connectivity index (χ1v) is 10.6. The van der Waals surface area contributed by atoms with Gasteiger partial charge in [0.25, 0.3) is 0 Å². The number of piperidine rings is 1. The number of carbonyl (C=O) groups excluding carboxylic acids is 2. The summed E-state index contributed by atoms with van der Waals surface area (Å²) in [6.45, 7) is 5.30. The Kier molecular flexibility index (Phi) is 9.73. The van der Waals surface area contributed by atoms with Gasteiger partial charge < -0.3 is 29.7 Å². The van der Waals surface area contributed by atoms with Crippen LogP contribution >= 0.6 is 0 Å². The quantitative estimate of drug-likeness (QED) is 0.571. The number of rotatable bonds is 11. The van der Waals surface area contributed by atoms with Crippen molar-refractivity contribution in [3.05, 3.63) is 12.1 Å². The van der Waals surface area contributed by atoms with Crippen molar-refractivity contribution in [2.24, 2.45) is 5.92 Å². The van der Waals surface area contributed by atoms with Crippen LogP contribution in [0.1, 0.15) is 39.0 Å². The maximum atomic E-state index is 12.5. The first kappa shape index (κ1) is 23.8. The second-order valence-electron chi connectivity index (χ2n) is 7.58. The van der Waals surface area contributed by atoms with Crippen LogP contribution in [0.5, 0.6) is 17.2 Å². The average molecular weight is 422 g/mol. The zero-order valence-electron chi connectivity index (χ0n) is 18.6. The number of nitrogens with one attached hydrogen (secondary N) is 2. The number of anilines is 1. The van der Waals surface area contributed by atoms with Gasteiger partial charge in [0.15, 0.2) is 11.5 Å². The van der Waals surface area contributed by atoms with E-state index in [1.165, 1.54) is 0 Å². The molecule has 1 fully saturated rings. The molecule has 0 spiro atoms. The molecule has 1 unspecified atom stereocenters. The summed E-state index contributed by atoms with van der Waals surface area (Å²) in [5, 5.41) is 5.93. The summed E-state index contributed by atoms with van der Waals surface area (Å²) in [5.74, 6) is 1.98. The van der Waals surface area contributed by atoms with E-state index in [-0.39, 0.29) is 11.8 Å². The Morgan fingerprint density at radius 3 is 2.37 bits per heavy atom. The molecule has 2 N–H and O–H groups in total. The van der Waals surface area contributed by atoms with E-state index < -0.39 is 0 Å². The van der Waals surface area contributed by atoms with Crippen molar-refractivity contribution in [3.63, 3.8) is 0 Å². The highest BCUT2D eigenvalue weighted by atomic mass is 16.5. The van der Waals surface area contributed by atoms with Crippen molar-refractivity contribution in [2.75, 3.05) is 52.8 Å². The smallest absolute Gasteiger partial charge is 0.225 e. The third-order valence-electron chi connectivity index (χ3n) is 5.27. The number of likely N-dealkylation sites (tertiary alicyclic amines) is 1. The highest BCUT2D eigenvalue weighted by Crippen LogP contribution is 2.39. The highest BCUT2D eigenvalue weighted by molar-refractivity contribution is 5.91. The molecule has 168 valence electrons. The standard InChI is InChI=1S/C22H35N3O5/c1-5-7-20(26)23-14-16-8-6-10-25(15-16)11-9-21(27)24-17-12-18(28-2)22(30-4)19(13-17)29-3/h12-13,16H,5-11,14-15H2,1-4H3,(H,23,26)(H,24,27). The summed E-state index contributed by atoms with van der Waals surface area (Å²) in [6.07, 6.45) is 4.04. The Balaban J connectivity index is 1.83. The first-order valence-electron chi connectivity index (χ1n) is 10.6. The molecule has 2 amide bonds. The number of nitrogens with zero attached hydrogens (tertiary/aromatic N) is 1. The molecular weight excluding hydrogens is 386 g/mol. The number of ether oxygens (including phenoxy) is 3. The lowest BCUT2D eigenvalue weighted by Gasteiger charge is -2.32. The lowest BCUT2D eigenvalue weighted by Crippen LogP contribution is -2.41. The third-order valence-corrected chi connectivity index (χ3v) is 5.27. The Bertz CT molecular complexity index is 685. The minimum atomic E-state index is -0.0670. The summed E-state index contributed by atoms with van der Waals surface area (Å²) in [4.78, 5) is 26.5. The molecule has 1 atom stereocenters. The van der Waals surface area contributed by atoms with Gasteiger partial charge in [0.1, 0.15) is 0 Å². The zero-order chi connectivity index (χ0) is 21.9. The molecule has 0 aromatic heterocycles. The van der Waals surface area contributed by atoms with Gasteiger partial charge in [-0.05, 0) is 31.7 Å². The fraction of sp³-hybridized carbons (Fsp3) is 0.636. The molecule has 30 heavy (non-hydrogen) atoms. The summed E-state index contributed by atoms with van der Waals surface area (Å²) in [7, 11) is 4.63. The molecule has 1 heterocycles. The van der Waals surface area contributed by atoms with Gasteiger partial charge in [-0.15, -0.1) is 0 Å². The molecule has 1 saturated heterocycles. The fourth-order valence-corrected chi connectivity index (χ4v) is 3.73. The Labute approximate surface area is 179 Å². The van der Waals surface area contributed by atoms with Crippen molar-refractivity contribution in [2.45, 2.75) is 39.0 Å². The van der Waals surface area contributed by atoms with E-state index in [0.717, 1.165) is 32.4 Å². The predicted octanol–water partition coefficient (Wildman–Crippen LogP) is 2.67. The van der Waals surface area contributed by atoms with Gasteiger partial charge in [-0.3, -0.25) is 9.59 Å². The van der Waals surface area contributed by atoms with Crippen LogP contribution in [0, 0.1) is 5.92 Å². The van der Waals surface area contributed by atoms with Crippen LogP contribution in [-0.4, -0.2) is 64.2 Å². The first-order chi connectivity index (χ1) is 14.5. The van der Waals surface area contributed by atoms with Gasteiger partial charge in [-0.25, -0.2) is 0 Å². The largest absolute Gasteiger partial charge is 0.493 e. The van der Waals surface area contributed by atoms with Crippen LogP contribution in [-0.2, 0) is 9.59 Å². The van der Waals surface area contributed by atoms with Gasteiger partial charge in [-0.1, -0.05) is 6.92 Å². The number of benzene rings is 1. The van der Waals surface area contributed by atoms with Crippen molar-refractivity contribution in [1.29, 1.82) is 0 Å². The van der Waals surface area contributed by atoms with Crippen LogP contribution in [0.25, 0.3) is 0 Å². The number of methoxy groups -OCH3 is 3. The van der Waals surface area contributed by atoms with E-state index in [1.807, 2.05) is 6.92 Å². The Morgan fingerprint density at radius 1 is 1.07 bits per heavy atom. The summed E-state index contributed by atoms with van der Waals surface area (Å²) >= 11 is 0. The SMILES string of the molecule is CCCC(=O)NCC1CCCN(CCC(=O)Nc2cc(OC)c(OC)c(OC)c2)C1. The van der Waals surface area contributed by atoms with Gasteiger partial charge in [0.05, 0.1) is 21.3 Å². The van der Waals surface area contributed by atoms with E-state index in [9.17, 15) is 9.59 Å². The second kappa shape index (κ2) is 12.3. The molecule has 0 saturated carbocycles.